The third-order valence-corrected chi connectivity index (χ3v) is 6.51. The van der Waals surface area contributed by atoms with E-state index in [1.807, 2.05) is 4.90 Å². The van der Waals surface area contributed by atoms with Crippen LogP contribution < -0.4 is 0 Å². The van der Waals surface area contributed by atoms with Crippen LogP contribution in [0.3, 0.4) is 0 Å². The van der Waals surface area contributed by atoms with E-state index < -0.39 is 0 Å². The van der Waals surface area contributed by atoms with Crippen molar-refractivity contribution in [3.05, 3.63) is 71.4 Å². The van der Waals surface area contributed by atoms with Gasteiger partial charge in [-0.1, -0.05) is 48.0 Å². The van der Waals surface area contributed by atoms with Gasteiger partial charge in [0.15, 0.2) is 0 Å². The fourth-order valence-corrected chi connectivity index (χ4v) is 4.79. The summed E-state index contributed by atoms with van der Waals surface area (Å²) in [6, 6.07) is 17.1. The molecule has 2 aromatic carbocycles. The van der Waals surface area contributed by atoms with E-state index in [-0.39, 0.29) is 5.91 Å². The number of fused-ring (bicyclic) bond motifs is 1. The second kappa shape index (κ2) is 8.22. The fourth-order valence-electron chi connectivity index (χ4n) is 3.90. The van der Waals surface area contributed by atoms with E-state index in [2.05, 4.69) is 66.6 Å². The molecular formula is C23H26N2OS. The number of para-hydroxylation sites is 1. The number of carbonyl (C=O) groups excluding carboxylic acids is 1. The van der Waals surface area contributed by atoms with Crippen LogP contribution in [-0.4, -0.2) is 34.6 Å². The SMILES string of the molecule is Cc1ccc(CSCC(=O)N2CCC(c3c[nH]c4ccccc34)CC2)cc1. The van der Waals surface area contributed by atoms with Crippen LogP contribution in [0.25, 0.3) is 10.9 Å². The van der Waals surface area contributed by atoms with E-state index in [1.165, 1.54) is 27.6 Å². The fraction of sp³-hybridized carbons (Fsp3) is 0.348. The van der Waals surface area contributed by atoms with Gasteiger partial charge < -0.3 is 9.88 Å². The number of hydrogen-bond donors (Lipinski definition) is 1. The number of carbonyl (C=O) groups is 1. The summed E-state index contributed by atoms with van der Waals surface area (Å²) < 4.78 is 0. The van der Waals surface area contributed by atoms with Crippen LogP contribution in [0, 0.1) is 6.92 Å². The molecule has 4 rings (SSSR count). The molecule has 1 N–H and O–H groups in total. The number of thioether (sulfide) groups is 1. The van der Waals surface area contributed by atoms with E-state index in [4.69, 9.17) is 0 Å². The zero-order chi connectivity index (χ0) is 18.6. The molecular weight excluding hydrogens is 352 g/mol. The normalized spacial score (nSPS) is 15.4. The smallest absolute Gasteiger partial charge is 0.232 e. The number of aromatic nitrogens is 1. The van der Waals surface area contributed by atoms with Crippen LogP contribution >= 0.6 is 11.8 Å². The maximum absolute atomic E-state index is 12.5. The van der Waals surface area contributed by atoms with Crippen molar-refractivity contribution in [3.63, 3.8) is 0 Å². The molecule has 0 saturated carbocycles. The van der Waals surface area contributed by atoms with Gasteiger partial charge in [-0.25, -0.2) is 0 Å². The van der Waals surface area contributed by atoms with Gasteiger partial charge in [0, 0.05) is 35.9 Å². The van der Waals surface area contributed by atoms with Crippen molar-refractivity contribution in [2.75, 3.05) is 18.8 Å². The molecule has 0 spiro atoms. The molecule has 3 nitrogen and oxygen atoms in total. The number of aryl methyl sites for hydroxylation is 1. The molecule has 1 aromatic heterocycles. The molecule has 0 bridgehead atoms. The number of likely N-dealkylation sites (tertiary alicyclic amines) is 1. The van der Waals surface area contributed by atoms with Crippen molar-refractivity contribution >= 4 is 28.6 Å². The van der Waals surface area contributed by atoms with Gasteiger partial charge >= 0.3 is 0 Å². The van der Waals surface area contributed by atoms with E-state index >= 15 is 0 Å². The van der Waals surface area contributed by atoms with Crippen LogP contribution in [-0.2, 0) is 10.5 Å². The second-order valence-corrected chi connectivity index (χ2v) is 8.41. The summed E-state index contributed by atoms with van der Waals surface area (Å²) in [6.45, 7) is 3.84. The third kappa shape index (κ3) is 4.22. The molecule has 0 unspecified atom stereocenters. The summed E-state index contributed by atoms with van der Waals surface area (Å²) >= 11 is 1.72. The van der Waals surface area contributed by atoms with Crippen LogP contribution in [0.4, 0.5) is 0 Å². The number of hydrogen-bond acceptors (Lipinski definition) is 2. The van der Waals surface area contributed by atoms with Gasteiger partial charge in [0.1, 0.15) is 0 Å². The van der Waals surface area contributed by atoms with Crippen molar-refractivity contribution in [1.29, 1.82) is 0 Å². The van der Waals surface area contributed by atoms with Gasteiger partial charge in [-0.15, -0.1) is 11.8 Å². The van der Waals surface area contributed by atoms with Crippen molar-refractivity contribution in [1.82, 2.24) is 9.88 Å². The molecule has 0 radical (unpaired) electrons. The molecule has 0 aliphatic carbocycles. The first-order valence-electron chi connectivity index (χ1n) is 9.68. The highest BCUT2D eigenvalue weighted by molar-refractivity contribution is 7.99. The summed E-state index contributed by atoms with van der Waals surface area (Å²) in [5.74, 6) is 2.30. The Bertz CT molecular complexity index is 908. The molecule has 1 aliphatic heterocycles. The van der Waals surface area contributed by atoms with Gasteiger partial charge in [0.2, 0.25) is 5.91 Å². The van der Waals surface area contributed by atoms with Crippen LogP contribution in [0.1, 0.15) is 35.4 Å². The highest BCUT2D eigenvalue weighted by Crippen LogP contribution is 2.33. The van der Waals surface area contributed by atoms with Crippen LogP contribution in [0.2, 0.25) is 0 Å². The number of amides is 1. The first-order chi connectivity index (χ1) is 13.2. The van der Waals surface area contributed by atoms with Crippen LogP contribution in [0.15, 0.2) is 54.7 Å². The molecule has 1 aliphatic rings. The Hall–Kier alpha value is -2.20. The molecule has 2 heterocycles. The highest BCUT2D eigenvalue weighted by Gasteiger charge is 2.25. The predicted molar refractivity (Wildman–Crippen MR) is 114 cm³/mol. The van der Waals surface area contributed by atoms with E-state index in [1.54, 1.807) is 11.8 Å². The third-order valence-electron chi connectivity index (χ3n) is 5.52. The number of rotatable bonds is 5. The van der Waals surface area contributed by atoms with E-state index in [0.717, 1.165) is 31.7 Å². The van der Waals surface area contributed by atoms with Crippen molar-refractivity contribution < 1.29 is 4.79 Å². The van der Waals surface area contributed by atoms with Gasteiger partial charge in [-0.2, -0.15) is 0 Å². The van der Waals surface area contributed by atoms with Crippen molar-refractivity contribution in [2.24, 2.45) is 0 Å². The Morgan fingerprint density at radius 2 is 1.85 bits per heavy atom. The zero-order valence-corrected chi connectivity index (χ0v) is 16.6. The quantitative estimate of drug-likeness (QED) is 0.669. The molecule has 140 valence electrons. The molecule has 1 saturated heterocycles. The molecule has 1 amide bonds. The zero-order valence-electron chi connectivity index (χ0n) is 15.8. The maximum Gasteiger partial charge on any atom is 0.232 e. The minimum atomic E-state index is 0.282. The Kier molecular flexibility index (Phi) is 5.53. The average Bonchev–Trinajstić information content (AvgIpc) is 3.14. The number of benzene rings is 2. The van der Waals surface area contributed by atoms with Crippen molar-refractivity contribution in [2.45, 2.75) is 31.4 Å². The number of H-pyrrole nitrogens is 1. The highest BCUT2D eigenvalue weighted by atomic mass is 32.2. The van der Waals surface area contributed by atoms with Gasteiger partial charge in [-0.05, 0) is 42.9 Å². The van der Waals surface area contributed by atoms with E-state index in [0.29, 0.717) is 11.7 Å². The lowest BCUT2D eigenvalue weighted by molar-refractivity contribution is -0.129. The number of piperidine rings is 1. The van der Waals surface area contributed by atoms with Gasteiger partial charge in [0.25, 0.3) is 0 Å². The number of nitrogens with zero attached hydrogens (tertiary/aromatic N) is 1. The minimum absolute atomic E-state index is 0.282. The first-order valence-corrected chi connectivity index (χ1v) is 10.8. The Morgan fingerprint density at radius 1 is 1.11 bits per heavy atom. The largest absolute Gasteiger partial charge is 0.361 e. The Morgan fingerprint density at radius 3 is 2.63 bits per heavy atom. The molecule has 4 heteroatoms. The summed E-state index contributed by atoms with van der Waals surface area (Å²) in [4.78, 5) is 18.0. The lowest BCUT2D eigenvalue weighted by Crippen LogP contribution is -2.38. The monoisotopic (exact) mass is 378 g/mol. The first kappa shape index (κ1) is 18.2. The Balaban J connectivity index is 1.27. The van der Waals surface area contributed by atoms with E-state index in [9.17, 15) is 4.79 Å². The van der Waals surface area contributed by atoms with Crippen molar-refractivity contribution in [3.8, 4) is 0 Å². The minimum Gasteiger partial charge on any atom is -0.361 e. The van der Waals surface area contributed by atoms with Gasteiger partial charge in [-0.3, -0.25) is 4.79 Å². The lowest BCUT2D eigenvalue weighted by Gasteiger charge is -2.32. The second-order valence-electron chi connectivity index (χ2n) is 7.42. The molecule has 1 fully saturated rings. The lowest BCUT2D eigenvalue weighted by atomic mass is 9.89. The summed E-state index contributed by atoms with van der Waals surface area (Å²) in [5.41, 5.74) is 5.18. The maximum atomic E-state index is 12.5. The molecule has 27 heavy (non-hydrogen) atoms. The standard InChI is InChI=1S/C23H26N2OS/c1-17-6-8-18(9-7-17)15-27-16-23(26)25-12-10-19(11-13-25)21-14-24-22-5-3-2-4-20(21)22/h2-9,14,19,24H,10-13,15-16H2,1H3. The van der Waals surface area contributed by atoms with Crippen LogP contribution in [0.5, 0.6) is 0 Å². The summed E-state index contributed by atoms with van der Waals surface area (Å²) in [6.07, 6.45) is 4.26. The average molecular weight is 379 g/mol. The topological polar surface area (TPSA) is 36.1 Å². The number of nitrogens with one attached hydrogen (secondary N) is 1. The number of aromatic amines is 1. The predicted octanol–water partition coefficient (Wildman–Crippen LogP) is 5.12. The van der Waals surface area contributed by atoms with Gasteiger partial charge in [0.05, 0.1) is 5.75 Å². The summed E-state index contributed by atoms with van der Waals surface area (Å²) in [5, 5.41) is 1.33. The molecule has 0 atom stereocenters. The molecule has 3 aromatic rings. The Labute approximate surface area is 165 Å². The summed E-state index contributed by atoms with van der Waals surface area (Å²) in [7, 11) is 0.